The number of hydrogen-bond acceptors (Lipinski definition) is 5. The second-order valence-electron chi connectivity index (χ2n) is 7.10. The minimum absolute atomic E-state index is 0.240. The van der Waals surface area contributed by atoms with Crippen LogP contribution in [0, 0.1) is 10.5 Å². The van der Waals surface area contributed by atoms with Gasteiger partial charge in [-0.25, -0.2) is 9.79 Å². The quantitative estimate of drug-likeness (QED) is 0.189. The van der Waals surface area contributed by atoms with E-state index in [-0.39, 0.29) is 5.70 Å². The number of halogens is 2. The van der Waals surface area contributed by atoms with E-state index in [1.54, 1.807) is 13.2 Å². The molecule has 7 heteroatoms. The van der Waals surface area contributed by atoms with Crippen LogP contribution in [-0.4, -0.2) is 19.0 Å². The number of carbonyl (C=O) groups is 1. The number of ether oxygens (including phenoxy) is 3. The third-order valence-electron chi connectivity index (χ3n) is 4.85. The molecule has 162 valence electrons. The molecular formula is C25H19BrINO4. The summed E-state index contributed by atoms with van der Waals surface area (Å²) in [6, 6.07) is 19.3. The van der Waals surface area contributed by atoms with Gasteiger partial charge in [-0.2, -0.15) is 0 Å². The highest BCUT2D eigenvalue weighted by atomic mass is 127. The summed E-state index contributed by atoms with van der Waals surface area (Å²) in [4.78, 5) is 16.8. The molecule has 0 unspecified atom stereocenters. The van der Waals surface area contributed by atoms with Crippen LogP contribution in [0.1, 0.15) is 22.3 Å². The lowest BCUT2D eigenvalue weighted by molar-refractivity contribution is -0.129. The molecule has 3 aromatic carbocycles. The first-order chi connectivity index (χ1) is 15.4. The lowest BCUT2D eigenvalue weighted by atomic mass is 10.1. The van der Waals surface area contributed by atoms with Crippen molar-refractivity contribution in [3.8, 4) is 11.5 Å². The van der Waals surface area contributed by atoms with E-state index >= 15 is 0 Å². The zero-order valence-electron chi connectivity index (χ0n) is 17.4. The summed E-state index contributed by atoms with van der Waals surface area (Å²) in [6.45, 7) is 2.37. The first-order valence-electron chi connectivity index (χ1n) is 9.78. The van der Waals surface area contributed by atoms with Gasteiger partial charge in [-0.1, -0.05) is 46.3 Å². The van der Waals surface area contributed by atoms with Crippen LogP contribution in [0.2, 0.25) is 0 Å². The van der Waals surface area contributed by atoms with Crippen LogP contribution in [0.25, 0.3) is 6.08 Å². The fourth-order valence-electron chi connectivity index (χ4n) is 3.19. The van der Waals surface area contributed by atoms with Gasteiger partial charge in [-0.15, -0.1) is 0 Å². The maximum Gasteiger partial charge on any atom is 0.363 e. The van der Waals surface area contributed by atoms with Gasteiger partial charge in [0.05, 0.1) is 10.7 Å². The van der Waals surface area contributed by atoms with E-state index in [4.69, 9.17) is 14.2 Å². The zero-order valence-corrected chi connectivity index (χ0v) is 21.1. The maximum atomic E-state index is 12.4. The Bertz CT molecular complexity index is 1240. The van der Waals surface area contributed by atoms with E-state index in [9.17, 15) is 4.79 Å². The SMILES string of the molecule is COc1cc(/C=C2\N=C(c3ccccc3C)OC2=O)cc(I)c1OCc1ccc(Br)cc1. The largest absolute Gasteiger partial charge is 0.493 e. The first-order valence-corrected chi connectivity index (χ1v) is 11.6. The highest BCUT2D eigenvalue weighted by Crippen LogP contribution is 2.35. The Balaban J connectivity index is 1.59. The van der Waals surface area contributed by atoms with Crippen LogP contribution in [0.3, 0.4) is 0 Å². The van der Waals surface area contributed by atoms with Gasteiger partial charge in [0, 0.05) is 10.0 Å². The van der Waals surface area contributed by atoms with Crippen molar-refractivity contribution >= 4 is 56.5 Å². The minimum atomic E-state index is -0.479. The Morgan fingerprint density at radius 3 is 2.59 bits per heavy atom. The van der Waals surface area contributed by atoms with Crippen LogP contribution in [0.15, 0.2) is 75.8 Å². The summed E-state index contributed by atoms with van der Waals surface area (Å²) < 4.78 is 18.9. The van der Waals surface area contributed by atoms with Gasteiger partial charge in [0.25, 0.3) is 0 Å². The lowest BCUT2D eigenvalue weighted by Gasteiger charge is -2.14. The molecule has 0 atom stereocenters. The number of benzene rings is 3. The molecule has 4 rings (SSSR count). The summed E-state index contributed by atoms with van der Waals surface area (Å²) in [5, 5.41) is 0. The molecule has 0 saturated heterocycles. The summed E-state index contributed by atoms with van der Waals surface area (Å²) in [5.74, 6) is 1.06. The van der Waals surface area contributed by atoms with Crippen molar-refractivity contribution in [1.29, 1.82) is 0 Å². The van der Waals surface area contributed by atoms with Gasteiger partial charge < -0.3 is 14.2 Å². The standard InChI is InChI=1S/C25H19BrINO4/c1-15-5-3-4-6-19(15)24-28-21(25(29)32-24)12-17-11-20(27)23(22(13-17)30-2)31-14-16-7-9-18(26)10-8-16/h3-13H,14H2,1-2H3/b21-12-. The number of esters is 1. The molecule has 32 heavy (non-hydrogen) atoms. The predicted molar refractivity (Wildman–Crippen MR) is 136 cm³/mol. The fourth-order valence-corrected chi connectivity index (χ4v) is 4.24. The molecule has 0 saturated carbocycles. The number of nitrogens with zero attached hydrogens (tertiary/aromatic N) is 1. The second kappa shape index (κ2) is 9.87. The minimum Gasteiger partial charge on any atom is -0.493 e. The van der Waals surface area contributed by atoms with Gasteiger partial charge in [0.1, 0.15) is 6.61 Å². The molecule has 1 aliphatic heterocycles. The van der Waals surface area contributed by atoms with E-state index in [0.717, 1.165) is 30.3 Å². The summed E-state index contributed by atoms with van der Waals surface area (Å²) in [5.41, 5.74) is 3.84. The number of aryl methyl sites for hydroxylation is 1. The van der Waals surface area contributed by atoms with Crippen molar-refractivity contribution in [2.24, 2.45) is 4.99 Å². The monoisotopic (exact) mass is 603 g/mol. The topological polar surface area (TPSA) is 57.1 Å². The molecule has 0 bridgehead atoms. The molecule has 0 spiro atoms. The van der Waals surface area contributed by atoms with Crippen molar-refractivity contribution in [3.63, 3.8) is 0 Å². The van der Waals surface area contributed by atoms with Crippen LogP contribution in [-0.2, 0) is 16.1 Å². The fraction of sp³-hybridized carbons (Fsp3) is 0.120. The molecule has 1 heterocycles. The molecule has 0 N–H and O–H groups in total. The van der Waals surface area contributed by atoms with Crippen molar-refractivity contribution < 1.29 is 19.0 Å². The Hall–Kier alpha value is -2.65. The Morgan fingerprint density at radius 2 is 1.88 bits per heavy atom. The summed E-state index contributed by atoms with van der Waals surface area (Å²) in [6.07, 6.45) is 1.69. The average Bonchev–Trinajstić information content (AvgIpc) is 3.14. The number of methoxy groups -OCH3 is 1. The molecule has 5 nitrogen and oxygen atoms in total. The Kier molecular flexibility index (Phi) is 6.95. The number of hydrogen-bond donors (Lipinski definition) is 0. The predicted octanol–water partition coefficient (Wildman–Crippen LogP) is 6.29. The van der Waals surface area contributed by atoms with Crippen LogP contribution in [0.4, 0.5) is 0 Å². The smallest absolute Gasteiger partial charge is 0.363 e. The molecule has 0 aliphatic carbocycles. The van der Waals surface area contributed by atoms with E-state index < -0.39 is 5.97 Å². The Morgan fingerprint density at radius 1 is 1.12 bits per heavy atom. The molecule has 0 amide bonds. The Labute approximate surface area is 208 Å². The zero-order chi connectivity index (χ0) is 22.7. The van der Waals surface area contributed by atoms with E-state index in [1.807, 2.05) is 67.6 Å². The van der Waals surface area contributed by atoms with E-state index in [1.165, 1.54) is 0 Å². The maximum absolute atomic E-state index is 12.4. The van der Waals surface area contributed by atoms with Crippen LogP contribution in [0.5, 0.6) is 11.5 Å². The number of aliphatic imine (C=N–C) groups is 1. The molecular weight excluding hydrogens is 585 g/mol. The number of cyclic esters (lactones) is 1. The number of rotatable bonds is 6. The van der Waals surface area contributed by atoms with E-state index in [2.05, 4.69) is 43.5 Å². The van der Waals surface area contributed by atoms with Crippen molar-refractivity contribution in [2.75, 3.05) is 7.11 Å². The van der Waals surface area contributed by atoms with Crippen molar-refractivity contribution in [1.82, 2.24) is 0 Å². The molecule has 1 aliphatic rings. The van der Waals surface area contributed by atoms with Gasteiger partial charge in [0.15, 0.2) is 17.2 Å². The summed E-state index contributed by atoms with van der Waals surface area (Å²) in [7, 11) is 1.59. The van der Waals surface area contributed by atoms with E-state index in [0.29, 0.717) is 24.0 Å². The second-order valence-corrected chi connectivity index (χ2v) is 9.18. The molecule has 0 aromatic heterocycles. The molecule has 3 aromatic rings. The highest BCUT2D eigenvalue weighted by molar-refractivity contribution is 14.1. The third kappa shape index (κ3) is 5.05. The normalized spacial score (nSPS) is 14.3. The van der Waals surface area contributed by atoms with Crippen molar-refractivity contribution in [2.45, 2.75) is 13.5 Å². The number of carbonyl (C=O) groups excluding carboxylic acids is 1. The van der Waals surface area contributed by atoms with Crippen LogP contribution >= 0.6 is 38.5 Å². The van der Waals surface area contributed by atoms with Crippen LogP contribution < -0.4 is 9.47 Å². The van der Waals surface area contributed by atoms with Gasteiger partial charge in [0.2, 0.25) is 5.90 Å². The molecule has 0 fully saturated rings. The average molecular weight is 604 g/mol. The van der Waals surface area contributed by atoms with Gasteiger partial charge >= 0.3 is 5.97 Å². The lowest BCUT2D eigenvalue weighted by Crippen LogP contribution is -2.06. The summed E-state index contributed by atoms with van der Waals surface area (Å²) >= 11 is 5.63. The van der Waals surface area contributed by atoms with Gasteiger partial charge in [-0.3, -0.25) is 0 Å². The van der Waals surface area contributed by atoms with Crippen molar-refractivity contribution in [3.05, 3.63) is 96.7 Å². The third-order valence-corrected chi connectivity index (χ3v) is 6.18. The molecule has 0 radical (unpaired) electrons. The highest BCUT2D eigenvalue weighted by Gasteiger charge is 2.25. The first kappa shape index (κ1) is 22.5. The van der Waals surface area contributed by atoms with Gasteiger partial charge in [-0.05, 0) is 82.6 Å².